The quantitative estimate of drug-likeness (QED) is 0.733. The number of aliphatic hydroxyl groups is 1. The number of anilines is 1. The third-order valence-electron chi connectivity index (χ3n) is 8.25. The molecule has 0 radical (unpaired) electrons. The van der Waals surface area contributed by atoms with Gasteiger partial charge in [-0.1, -0.05) is 25.0 Å². The van der Waals surface area contributed by atoms with Crippen LogP contribution >= 0.6 is 0 Å². The Morgan fingerprint density at radius 1 is 1.06 bits per heavy atom. The summed E-state index contributed by atoms with van der Waals surface area (Å²) in [7, 11) is 0. The van der Waals surface area contributed by atoms with E-state index in [9.17, 15) is 9.90 Å². The normalized spacial score (nSPS) is 31.2. The van der Waals surface area contributed by atoms with E-state index < -0.39 is 5.60 Å². The molecule has 0 spiro atoms. The van der Waals surface area contributed by atoms with Crippen molar-refractivity contribution < 1.29 is 14.8 Å². The molecule has 2 saturated heterocycles. The molecule has 31 heavy (non-hydrogen) atoms. The summed E-state index contributed by atoms with van der Waals surface area (Å²) in [5.41, 5.74) is 2.00. The minimum absolute atomic E-state index is 0.207. The van der Waals surface area contributed by atoms with Gasteiger partial charge in [0, 0.05) is 49.8 Å². The lowest BCUT2D eigenvalue weighted by molar-refractivity contribution is -0.938. The Balaban J connectivity index is 1.58. The Morgan fingerprint density at radius 3 is 2.45 bits per heavy atom. The molecule has 1 aromatic rings. The van der Waals surface area contributed by atoms with Crippen LogP contribution < -0.4 is 9.80 Å². The second kappa shape index (κ2) is 9.91. The summed E-state index contributed by atoms with van der Waals surface area (Å²) in [4.78, 5) is 19.0. The molecule has 1 amide bonds. The van der Waals surface area contributed by atoms with Crippen molar-refractivity contribution >= 4 is 11.6 Å². The maximum atomic E-state index is 13.1. The second-order valence-corrected chi connectivity index (χ2v) is 9.97. The molecule has 172 valence electrons. The summed E-state index contributed by atoms with van der Waals surface area (Å²) in [5, 5.41) is 11.5. The number of hydrogen-bond donors (Lipinski definition) is 2. The van der Waals surface area contributed by atoms with E-state index in [4.69, 9.17) is 0 Å². The smallest absolute Gasteiger partial charge is 0.277 e. The van der Waals surface area contributed by atoms with Crippen molar-refractivity contribution in [3.63, 3.8) is 0 Å². The molecule has 3 fully saturated rings. The van der Waals surface area contributed by atoms with Gasteiger partial charge in [-0.05, 0) is 58.1 Å². The number of hydrogen-bond acceptors (Lipinski definition) is 3. The average molecular weight is 429 g/mol. The summed E-state index contributed by atoms with van der Waals surface area (Å²) >= 11 is 0. The highest BCUT2D eigenvalue weighted by Gasteiger charge is 2.52. The first kappa shape index (κ1) is 22.6. The molecule has 4 rings (SSSR count). The number of amides is 1. The van der Waals surface area contributed by atoms with Crippen LogP contribution in [0.3, 0.4) is 0 Å². The van der Waals surface area contributed by atoms with Gasteiger partial charge in [0.05, 0.1) is 12.1 Å². The number of benzene rings is 1. The van der Waals surface area contributed by atoms with Gasteiger partial charge < -0.3 is 19.8 Å². The first-order chi connectivity index (χ1) is 15.1. The Bertz CT molecular complexity index is 727. The zero-order valence-corrected chi connectivity index (χ0v) is 19.6. The number of rotatable bonds is 6. The first-order valence-corrected chi connectivity index (χ1v) is 12.8. The van der Waals surface area contributed by atoms with Crippen molar-refractivity contribution in [1.82, 2.24) is 4.90 Å². The summed E-state index contributed by atoms with van der Waals surface area (Å²) in [6.45, 7) is 9.68. The zero-order chi connectivity index (χ0) is 21.8. The van der Waals surface area contributed by atoms with Crippen molar-refractivity contribution in [2.24, 2.45) is 5.92 Å². The lowest BCUT2D eigenvalue weighted by atomic mass is 9.66. The number of nitrogens with zero attached hydrogens (tertiary/aromatic N) is 2. The van der Waals surface area contributed by atoms with Gasteiger partial charge in [-0.2, -0.15) is 0 Å². The van der Waals surface area contributed by atoms with E-state index in [0.717, 1.165) is 71.2 Å². The van der Waals surface area contributed by atoms with Crippen LogP contribution in [-0.4, -0.2) is 60.8 Å². The predicted octanol–water partition coefficient (Wildman–Crippen LogP) is 2.80. The molecule has 2 aliphatic heterocycles. The Morgan fingerprint density at radius 2 is 1.77 bits per heavy atom. The minimum Gasteiger partial charge on any atom is -0.389 e. The fraction of sp³-hybridized carbons (Fsp3) is 0.731. The van der Waals surface area contributed by atoms with Crippen molar-refractivity contribution in [2.45, 2.75) is 76.9 Å². The van der Waals surface area contributed by atoms with Gasteiger partial charge in [-0.3, -0.25) is 4.79 Å². The molecule has 0 aromatic heterocycles. The number of fused-ring (bicyclic) bond motifs is 1. The van der Waals surface area contributed by atoms with Crippen LogP contribution in [0.15, 0.2) is 24.3 Å². The first-order valence-electron chi connectivity index (χ1n) is 12.8. The topological polar surface area (TPSA) is 48.2 Å². The predicted molar refractivity (Wildman–Crippen MR) is 125 cm³/mol. The van der Waals surface area contributed by atoms with Gasteiger partial charge >= 0.3 is 0 Å². The average Bonchev–Trinajstić information content (AvgIpc) is 2.81. The highest BCUT2D eigenvalue weighted by molar-refractivity contribution is 5.77. The molecule has 2 heterocycles. The molecule has 4 atom stereocenters. The third-order valence-corrected chi connectivity index (χ3v) is 8.25. The van der Waals surface area contributed by atoms with Crippen LogP contribution in [0.5, 0.6) is 0 Å². The van der Waals surface area contributed by atoms with Crippen LogP contribution in [0.2, 0.25) is 0 Å². The van der Waals surface area contributed by atoms with Crippen molar-refractivity contribution in [2.75, 3.05) is 44.2 Å². The lowest BCUT2D eigenvalue weighted by Crippen LogP contribution is -3.16. The van der Waals surface area contributed by atoms with E-state index in [1.807, 2.05) is 0 Å². The molecule has 2 N–H and O–H groups in total. The van der Waals surface area contributed by atoms with Gasteiger partial charge in [-0.25, -0.2) is 0 Å². The van der Waals surface area contributed by atoms with E-state index in [1.54, 1.807) is 0 Å². The molecule has 1 saturated carbocycles. The fourth-order valence-electron chi connectivity index (χ4n) is 6.45. The maximum Gasteiger partial charge on any atom is 0.277 e. The molecule has 1 aliphatic carbocycles. The van der Waals surface area contributed by atoms with Gasteiger partial charge in [0.2, 0.25) is 0 Å². The van der Waals surface area contributed by atoms with Gasteiger partial charge in [-0.15, -0.1) is 0 Å². The Hall–Kier alpha value is -1.59. The van der Waals surface area contributed by atoms with E-state index in [1.165, 1.54) is 29.0 Å². The number of carbonyl (C=O) groups excluding carboxylic acids is 1. The summed E-state index contributed by atoms with van der Waals surface area (Å²) in [6, 6.07) is 9.22. The SMILES string of the molecule is CCN(CC)c1ccc([C@H]2[C@H]3CCCC[C@@]3(O)CC[NH+]2CC(=O)N2CCCCC2)cc1. The molecule has 5 nitrogen and oxygen atoms in total. The number of piperidine rings is 2. The molecule has 1 unspecified atom stereocenters. The van der Waals surface area contributed by atoms with Crippen LogP contribution in [0.1, 0.15) is 76.8 Å². The third kappa shape index (κ3) is 4.78. The summed E-state index contributed by atoms with van der Waals surface area (Å²) in [6.07, 6.45) is 8.65. The second-order valence-electron chi connectivity index (χ2n) is 9.97. The van der Waals surface area contributed by atoms with Gasteiger partial charge in [0.1, 0.15) is 6.04 Å². The highest BCUT2D eigenvalue weighted by atomic mass is 16.3. The van der Waals surface area contributed by atoms with E-state index in [0.29, 0.717) is 12.5 Å². The standard InChI is InChI=1S/C26H41N3O2/c1-3-27(4-2)22-13-11-21(12-14-22)25-23-10-6-7-15-26(23,31)16-19-29(25)20-24(30)28-17-8-5-9-18-28/h11-14,23,25,31H,3-10,15-20H2,1-2H3/p+1/t23-,25+,26-/m1/s1. The largest absolute Gasteiger partial charge is 0.389 e. The maximum absolute atomic E-state index is 13.1. The lowest BCUT2D eigenvalue weighted by Gasteiger charge is -2.50. The monoisotopic (exact) mass is 428 g/mol. The molecule has 3 aliphatic rings. The Kier molecular flexibility index (Phi) is 7.22. The van der Waals surface area contributed by atoms with Crippen molar-refractivity contribution in [1.29, 1.82) is 0 Å². The van der Waals surface area contributed by atoms with E-state index in [2.05, 4.69) is 47.9 Å². The molecule has 0 bridgehead atoms. The number of quaternary nitrogens is 1. The fourth-order valence-corrected chi connectivity index (χ4v) is 6.45. The van der Waals surface area contributed by atoms with Crippen LogP contribution in [0.4, 0.5) is 5.69 Å². The summed E-state index contributed by atoms with van der Waals surface area (Å²) in [5.74, 6) is 0.555. The number of carbonyl (C=O) groups is 1. The van der Waals surface area contributed by atoms with Gasteiger partial charge in [0.25, 0.3) is 5.91 Å². The van der Waals surface area contributed by atoms with Gasteiger partial charge in [0.15, 0.2) is 6.54 Å². The number of likely N-dealkylation sites (tertiary alicyclic amines) is 2. The highest BCUT2D eigenvalue weighted by Crippen LogP contribution is 2.44. The van der Waals surface area contributed by atoms with Crippen LogP contribution in [-0.2, 0) is 4.79 Å². The molecule has 1 aromatic carbocycles. The molecular formula is C26H42N3O2+. The minimum atomic E-state index is -0.557. The van der Waals surface area contributed by atoms with Crippen LogP contribution in [0.25, 0.3) is 0 Å². The van der Waals surface area contributed by atoms with Crippen molar-refractivity contribution in [3.8, 4) is 0 Å². The number of nitrogens with one attached hydrogen (secondary N) is 1. The van der Waals surface area contributed by atoms with Crippen molar-refractivity contribution in [3.05, 3.63) is 29.8 Å². The van der Waals surface area contributed by atoms with E-state index in [-0.39, 0.29) is 12.0 Å². The molecular weight excluding hydrogens is 386 g/mol. The zero-order valence-electron chi connectivity index (χ0n) is 19.6. The van der Waals surface area contributed by atoms with E-state index >= 15 is 0 Å². The molecule has 5 heteroatoms. The van der Waals surface area contributed by atoms with Crippen LogP contribution in [0, 0.1) is 5.92 Å². The Labute approximate surface area is 188 Å². The summed E-state index contributed by atoms with van der Waals surface area (Å²) < 4.78 is 0.